The van der Waals surface area contributed by atoms with E-state index in [9.17, 15) is 19.7 Å². The molecule has 1 saturated carbocycles. The van der Waals surface area contributed by atoms with Crippen molar-refractivity contribution in [2.24, 2.45) is 28.8 Å². The van der Waals surface area contributed by atoms with Crippen molar-refractivity contribution >= 4 is 46.9 Å². The molecule has 2 fully saturated rings. The van der Waals surface area contributed by atoms with Gasteiger partial charge < -0.3 is 4.74 Å². The van der Waals surface area contributed by atoms with Gasteiger partial charge in [-0.15, -0.1) is 0 Å². The molecular weight excluding hydrogens is 469 g/mol. The number of benzene rings is 2. The molecule has 1 saturated heterocycles. The maximum absolute atomic E-state index is 12.9. The molecular formula is C23H17Cl2N3O5. The van der Waals surface area contributed by atoms with Crippen LogP contribution in [0.25, 0.3) is 0 Å². The summed E-state index contributed by atoms with van der Waals surface area (Å²) in [6.07, 6.45) is 5.99. The standard InChI is InChI=1S/C23H17Cl2N3O5/c24-16-8-15(10-26-27-22(29)19-12-5-6-13(7-12)20(19)23(27)30)21(18(9-16)28(31)32)33-11-14-3-1-2-4-17(14)25/h1-6,8-10,12-13,19-20H,7,11H2/t12-,13-,19-,20+/m0/s1. The Labute approximate surface area is 198 Å². The number of nitrogens with zero attached hydrogens (tertiary/aromatic N) is 3. The summed E-state index contributed by atoms with van der Waals surface area (Å²) in [5.74, 6) is -1.48. The van der Waals surface area contributed by atoms with E-state index in [0.29, 0.717) is 10.6 Å². The Balaban J connectivity index is 1.46. The van der Waals surface area contributed by atoms with E-state index in [0.717, 1.165) is 11.4 Å². The van der Waals surface area contributed by atoms with E-state index >= 15 is 0 Å². The highest BCUT2D eigenvalue weighted by Gasteiger charge is 2.59. The summed E-state index contributed by atoms with van der Waals surface area (Å²) in [6.45, 7) is -0.0380. The number of amides is 2. The zero-order valence-corrected chi connectivity index (χ0v) is 18.6. The van der Waals surface area contributed by atoms with Crippen molar-refractivity contribution in [1.29, 1.82) is 0 Å². The van der Waals surface area contributed by atoms with Crippen LogP contribution < -0.4 is 4.74 Å². The number of carbonyl (C=O) groups is 2. The van der Waals surface area contributed by atoms with Gasteiger partial charge in [0.25, 0.3) is 11.8 Å². The van der Waals surface area contributed by atoms with E-state index in [2.05, 4.69) is 5.10 Å². The van der Waals surface area contributed by atoms with Crippen molar-refractivity contribution in [2.45, 2.75) is 13.0 Å². The first-order valence-electron chi connectivity index (χ1n) is 10.3. The lowest BCUT2D eigenvalue weighted by Gasteiger charge is -2.13. The minimum atomic E-state index is -0.620. The molecule has 0 spiro atoms. The minimum Gasteiger partial charge on any atom is -0.481 e. The maximum Gasteiger partial charge on any atom is 0.313 e. The van der Waals surface area contributed by atoms with Crippen LogP contribution in [0.15, 0.2) is 53.7 Å². The number of hydrogen-bond donors (Lipinski definition) is 0. The normalized spacial score (nSPS) is 25.3. The quantitative estimate of drug-likeness (QED) is 0.195. The molecule has 1 heterocycles. The maximum atomic E-state index is 12.9. The van der Waals surface area contributed by atoms with Crippen molar-refractivity contribution in [3.63, 3.8) is 0 Å². The molecule has 2 aromatic carbocycles. The molecule has 2 bridgehead atoms. The van der Waals surface area contributed by atoms with Gasteiger partial charge in [-0.1, -0.05) is 53.6 Å². The Kier molecular flexibility index (Phi) is 5.42. The first-order valence-corrected chi connectivity index (χ1v) is 11.0. The minimum absolute atomic E-state index is 0.0380. The third-order valence-electron chi connectivity index (χ3n) is 6.35. The van der Waals surface area contributed by atoms with Crippen LogP contribution in [0.5, 0.6) is 5.75 Å². The van der Waals surface area contributed by atoms with Gasteiger partial charge in [-0.25, -0.2) is 0 Å². The Morgan fingerprint density at radius 2 is 1.79 bits per heavy atom. The van der Waals surface area contributed by atoms with Crippen molar-refractivity contribution < 1.29 is 19.2 Å². The van der Waals surface area contributed by atoms with Crippen LogP contribution in [0.1, 0.15) is 17.5 Å². The number of halogens is 2. The summed E-state index contributed by atoms with van der Waals surface area (Å²) in [4.78, 5) is 36.8. The molecule has 33 heavy (non-hydrogen) atoms. The van der Waals surface area contributed by atoms with Crippen LogP contribution in [0.4, 0.5) is 5.69 Å². The Morgan fingerprint density at radius 3 is 2.42 bits per heavy atom. The van der Waals surface area contributed by atoms with Gasteiger partial charge in [0.15, 0.2) is 0 Å². The highest BCUT2D eigenvalue weighted by Crippen LogP contribution is 2.52. The van der Waals surface area contributed by atoms with Gasteiger partial charge in [-0.3, -0.25) is 19.7 Å². The zero-order chi connectivity index (χ0) is 23.3. The number of fused-ring (bicyclic) bond motifs is 5. The van der Waals surface area contributed by atoms with Crippen molar-refractivity contribution in [3.8, 4) is 5.75 Å². The van der Waals surface area contributed by atoms with Gasteiger partial charge in [0, 0.05) is 27.2 Å². The molecule has 0 aromatic heterocycles. The number of allylic oxidation sites excluding steroid dienone is 2. The van der Waals surface area contributed by atoms with Crippen molar-refractivity contribution in [2.75, 3.05) is 0 Å². The first-order chi connectivity index (χ1) is 15.8. The molecule has 3 aliphatic rings. The monoisotopic (exact) mass is 485 g/mol. The summed E-state index contributed by atoms with van der Waals surface area (Å²) < 4.78 is 5.76. The second-order valence-electron chi connectivity index (χ2n) is 8.21. The van der Waals surface area contributed by atoms with E-state index < -0.39 is 16.8 Å². The van der Waals surface area contributed by atoms with Crippen molar-refractivity contribution in [1.82, 2.24) is 5.01 Å². The third-order valence-corrected chi connectivity index (χ3v) is 6.94. The molecule has 0 N–H and O–H groups in total. The Morgan fingerprint density at radius 1 is 1.12 bits per heavy atom. The lowest BCUT2D eigenvalue weighted by molar-refractivity contribution is -0.385. The third kappa shape index (κ3) is 3.69. The number of ether oxygens (including phenoxy) is 1. The molecule has 1 aliphatic heterocycles. The van der Waals surface area contributed by atoms with E-state index in [4.69, 9.17) is 27.9 Å². The van der Waals surface area contributed by atoms with E-state index in [1.54, 1.807) is 24.3 Å². The van der Waals surface area contributed by atoms with Gasteiger partial charge >= 0.3 is 5.69 Å². The number of nitro groups is 1. The predicted octanol–water partition coefficient (Wildman–Crippen LogP) is 4.62. The predicted molar refractivity (Wildman–Crippen MR) is 121 cm³/mol. The van der Waals surface area contributed by atoms with Crippen LogP contribution >= 0.6 is 23.2 Å². The molecule has 4 atom stereocenters. The molecule has 2 aromatic rings. The highest BCUT2D eigenvalue weighted by atomic mass is 35.5. The van der Waals surface area contributed by atoms with Crippen LogP contribution in [0.3, 0.4) is 0 Å². The van der Waals surface area contributed by atoms with Crippen molar-refractivity contribution in [3.05, 3.63) is 79.8 Å². The summed E-state index contributed by atoms with van der Waals surface area (Å²) >= 11 is 12.3. The average molecular weight is 486 g/mol. The van der Waals surface area contributed by atoms with Crippen LogP contribution in [0.2, 0.25) is 10.0 Å². The molecule has 0 radical (unpaired) electrons. The first kappa shape index (κ1) is 21.6. The molecule has 5 rings (SSSR count). The SMILES string of the molecule is O=C1[C@@H]2[C@H](C(=O)N1N=Cc1cc(Cl)cc([N+](=O)[O-])c1OCc1ccccc1Cl)[C@H]1C=C[C@H]2C1. The summed E-state index contributed by atoms with van der Waals surface area (Å²) in [7, 11) is 0. The Bertz CT molecular complexity index is 1210. The van der Waals surface area contributed by atoms with Gasteiger partial charge in [-0.05, 0) is 30.4 Å². The van der Waals surface area contributed by atoms with Crippen LogP contribution in [0, 0.1) is 33.8 Å². The largest absolute Gasteiger partial charge is 0.481 e. The average Bonchev–Trinajstić information content (AvgIpc) is 3.46. The topological polar surface area (TPSA) is 102 Å². The van der Waals surface area contributed by atoms with E-state index in [1.807, 2.05) is 12.2 Å². The lowest BCUT2D eigenvalue weighted by Crippen LogP contribution is -2.28. The second-order valence-corrected chi connectivity index (χ2v) is 9.06. The molecule has 2 aliphatic carbocycles. The fourth-order valence-corrected chi connectivity index (χ4v) is 5.29. The highest BCUT2D eigenvalue weighted by molar-refractivity contribution is 6.31. The van der Waals surface area contributed by atoms with E-state index in [1.165, 1.54) is 18.3 Å². The number of hydrogen-bond acceptors (Lipinski definition) is 6. The number of rotatable bonds is 6. The molecule has 2 amide bonds. The van der Waals surface area contributed by atoms with Crippen LogP contribution in [-0.2, 0) is 16.2 Å². The smallest absolute Gasteiger partial charge is 0.313 e. The summed E-state index contributed by atoms with van der Waals surface area (Å²) in [5, 5.41) is 17.2. The van der Waals surface area contributed by atoms with Gasteiger partial charge in [0.05, 0.1) is 23.0 Å². The molecule has 0 unspecified atom stereocenters. The number of hydrazone groups is 1. The number of carbonyl (C=O) groups excluding carboxylic acids is 2. The zero-order valence-electron chi connectivity index (χ0n) is 17.1. The fourth-order valence-electron chi connectivity index (χ4n) is 4.87. The molecule has 8 nitrogen and oxygen atoms in total. The lowest BCUT2D eigenvalue weighted by atomic mass is 9.85. The van der Waals surface area contributed by atoms with Gasteiger partial charge in [0.2, 0.25) is 5.75 Å². The summed E-state index contributed by atoms with van der Waals surface area (Å²) in [5.41, 5.74) is 0.432. The Hall–Kier alpha value is -3.23. The molecule has 10 heteroatoms. The second kappa shape index (κ2) is 8.28. The van der Waals surface area contributed by atoms with Gasteiger partial charge in [-0.2, -0.15) is 10.1 Å². The number of imide groups is 1. The summed E-state index contributed by atoms with van der Waals surface area (Å²) in [6, 6.07) is 9.54. The van der Waals surface area contributed by atoms with E-state index in [-0.39, 0.29) is 52.3 Å². The fraction of sp³-hybridized carbons (Fsp3) is 0.261. The van der Waals surface area contributed by atoms with Gasteiger partial charge in [0.1, 0.15) is 6.61 Å². The molecule has 168 valence electrons. The number of nitro benzene ring substituents is 1. The van der Waals surface area contributed by atoms with Crippen LogP contribution in [-0.4, -0.2) is 28.0 Å².